The van der Waals surface area contributed by atoms with Crippen LogP contribution in [0.25, 0.3) is 0 Å². The van der Waals surface area contributed by atoms with Gasteiger partial charge in [-0.15, -0.1) is 0 Å². The normalized spacial score (nSPS) is 10.9. The van der Waals surface area contributed by atoms with Gasteiger partial charge in [0.2, 0.25) is 0 Å². The highest BCUT2D eigenvalue weighted by Gasteiger charge is 2.29. The molecule has 0 fully saturated rings. The van der Waals surface area contributed by atoms with Gasteiger partial charge >= 0.3 is 11.9 Å². The molecular formula is C6H10ClNO3. The molecule has 4 nitrogen and oxygen atoms in total. The molecule has 0 saturated heterocycles. The van der Waals surface area contributed by atoms with Gasteiger partial charge in [0.1, 0.15) is 0 Å². The molecule has 0 rings (SSSR count). The zero-order valence-electron chi connectivity index (χ0n) is 6.59. The number of carbonyl (C=O) groups excluding carboxylic acids is 1. The fourth-order valence-corrected chi connectivity index (χ4v) is 0.461. The van der Waals surface area contributed by atoms with Crippen LogP contribution in [0.3, 0.4) is 0 Å². The van der Waals surface area contributed by atoms with Crippen molar-refractivity contribution in [3.05, 3.63) is 0 Å². The molecule has 0 bridgehead atoms. The van der Waals surface area contributed by atoms with Crippen LogP contribution < -0.4 is 0 Å². The Balaban J connectivity index is 4.38. The summed E-state index contributed by atoms with van der Waals surface area (Å²) in [5, 5.41) is 8.24. The van der Waals surface area contributed by atoms with Crippen LogP contribution in [0.1, 0.15) is 20.8 Å². The molecule has 5 heteroatoms. The van der Waals surface area contributed by atoms with Crippen LogP contribution >= 0.6 is 11.8 Å². The molecule has 11 heavy (non-hydrogen) atoms. The minimum atomic E-state index is -1.55. The van der Waals surface area contributed by atoms with E-state index in [9.17, 15) is 9.59 Å². The molecule has 0 aromatic carbocycles. The third kappa shape index (κ3) is 2.76. The number of carbonyl (C=O) groups is 2. The maximum Gasteiger partial charge on any atom is 0.395 e. The second-order valence-electron chi connectivity index (χ2n) is 3.06. The molecule has 0 unspecified atom stereocenters. The van der Waals surface area contributed by atoms with Crippen LogP contribution in [0, 0.1) is 0 Å². The summed E-state index contributed by atoms with van der Waals surface area (Å²) in [4.78, 5) is 20.8. The lowest BCUT2D eigenvalue weighted by Crippen LogP contribution is -2.42. The molecule has 0 aromatic heterocycles. The number of halogens is 1. The average molecular weight is 180 g/mol. The summed E-state index contributed by atoms with van der Waals surface area (Å²) in [5.41, 5.74) is -0.670. The minimum Gasteiger partial charge on any atom is -0.474 e. The lowest BCUT2D eigenvalue weighted by Gasteiger charge is -2.26. The van der Waals surface area contributed by atoms with Crippen molar-refractivity contribution in [1.82, 2.24) is 4.42 Å². The number of nitrogens with zero attached hydrogens (tertiary/aromatic N) is 1. The number of carboxylic acids is 1. The van der Waals surface area contributed by atoms with Gasteiger partial charge < -0.3 is 5.11 Å². The van der Waals surface area contributed by atoms with Gasteiger partial charge in [0.25, 0.3) is 0 Å². The molecule has 64 valence electrons. The van der Waals surface area contributed by atoms with E-state index in [1.165, 1.54) is 0 Å². The molecule has 1 N–H and O–H groups in total. The van der Waals surface area contributed by atoms with Crippen molar-refractivity contribution in [3.63, 3.8) is 0 Å². The number of hydrogen-bond acceptors (Lipinski definition) is 2. The molecule has 0 aliphatic heterocycles. The second-order valence-corrected chi connectivity index (χ2v) is 3.40. The number of hydrogen-bond donors (Lipinski definition) is 1. The predicted molar refractivity (Wildman–Crippen MR) is 40.1 cm³/mol. The van der Waals surface area contributed by atoms with Crippen molar-refractivity contribution in [1.29, 1.82) is 0 Å². The Morgan fingerprint density at radius 1 is 1.36 bits per heavy atom. The number of rotatable bonds is 0. The summed E-state index contributed by atoms with van der Waals surface area (Å²) >= 11 is 5.41. The summed E-state index contributed by atoms with van der Waals surface area (Å²) in [6.07, 6.45) is 0. The first-order valence-electron chi connectivity index (χ1n) is 3.00. The van der Waals surface area contributed by atoms with Crippen molar-refractivity contribution >= 4 is 23.7 Å². The fourth-order valence-electron chi connectivity index (χ4n) is 0.389. The van der Waals surface area contributed by atoms with Crippen molar-refractivity contribution in [2.45, 2.75) is 26.3 Å². The van der Waals surface area contributed by atoms with Gasteiger partial charge in [0, 0.05) is 11.8 Å². The smallest absolute Gasteiger partial charge is 0.395 e. The molecule has 0 radical (unpaired) electrons. The Bertz CT molecular complexity index is 185. The third-order valence-electron chi connectivity index (χ3n) is 0.950. The van der Waals surface area contributed by atoms with Gasteiger partial charge in [0.05, 0.1) is 5.54 Å². The summed E-state index contributed by atoms with van der Waals surface area (Å²) in [6, 6.07) is 0. The Morgan fingerprint density at radius 2 is 1.73 bits per heavy atom. The monoisotopic (exact) mass is 179 g/mol. The number of amides is 1. The van der Waals surface area contributed by atoms with Crippen LogP contribution in [-0.2, 0) is 9.59 Å². The maximum absolute atomic E-state index is 10.7. The predicted octanol–water partition coefficient (Wildman–Crippen LogP) is 0.852. The van der Waals surface area contributed by atoms with Crippen molar-refractivity contribution in [2.75, 3.05) is 0 Å². The summed E-state index contributed by atoms with van der Waals surface area (Å²) in [6.45, 7) is 4.92. The van der Waals surface area contributed by atoms with Crippen LogP contribution in [0.5, 0.6) is 0 Å². The highest BCUT2D eigenvalue weighted by atomic mass is 35.5. The van der Waals surface area contributed by atoms with E-state index in [1.807, 2.05) is 0 Å². The van der Waals surface area contributed by atoms with E-state index < -0.39 is 17.4 Å². The highest BCUT2D eigenvalue weighted by molar-refractivity contribution is 6.40. The second kappa shape index (κ2) is 3.09. The summed E-state index contributed by atoms with van der Waals surface area (Å²) in [5.74, 6) is -2.66. The molecule has 0 atom stereocenters. The third-order valence-corrected chi connectivity index (χ3v) is 1.61. The molecule has 0 aliphatic carbocycles. The Kier molecular flexibility index (Phi) is 2.87. The van der Waals surface area contributed by atoms with E-state index >= 15 is 0 Å². The molecule has 0 saturated carbocycles. The van der Waals surface area contributed by atoms with E-state index in [0.717, 1.165) is 0 Å². The highest BCUT2D eigenvalue weighted by Crippen LogP contribution is 2.15. The van der Waals surface area contributed by atoms with Crippen molar-refractivity contribution in [3.8, 4) is 0 Å². The van der Waals surface area contributed by atoms with E-state index in [1.54, 1.807) is 20.8 Å². The lowest BCUT2D eigenvalue weighted by molar-refractivity contribution is -0.154. The fraction of sp³-hybridized carbons (Fsp3) is 0.667. The average Bonchev–Trinajstić information content (AvgIpc) is 1.82. The van der Waals surface area contributed by atoms with Crippen molar-refractivity contribution < 1.29 is 14.7 Å². The molecular weight excluding hydrogens is 170 g/mol. The first kappa shape index (κ1) is 10.2. The largest absolute Gasteiger partial charge is 0.474 e. The molecule has 0 aromatic rings. The van der Waals surface area contributed by atoms with Crippen LogP contribution in [-0.4, -0.2) is 26.9 Å². The first-order valence-corrected chi connectivity index (χ1v) is 3.34. The van der Waals surface area contributed by atoms with E-state index in [2.05, 4.69) is 0 Å². The standard InChI is InChI=1S/C6H10ClNO3/c1-6(2,3)8(7)4(9)5(10)11/h1-3H3,(H,10,11). The number of carboxylic acid groups (broad SMARTS) is 1. The first-order chi connectivity index (χ1) is 4.76. The molecule has 0 heterocycles. The van der Waals surface area contributed by atoms with E-state index in [4.69, 9.17) is 16.9 Å². The van der Waals surface area contributed by atoms with Crippen LogP contribution in [0.4, 0.5) is 0 Å². The van der Waals surface area contributed by atoms with Gasteiger partial charge in [-0.2, -0.15) is 0 Å². The van der Waals surface area contributed by atoms with Crippen LogP contribution in [0.2, 0.25) is 0 Å². The quantitative estimate of drug-likeness (QED) is 0.443. The Hall–Kier alpha value is -0.770. The van der Waals surface area contributed by atoms with E-state index in [0.29, 0.717) is 4.42 Å². The number of aliphatic carboxylic acids is 1. The van der Waals surface area contributed by atoms with Gasteiger partial charge in [0.15, 0.2) is 0 Å². The lowest BCUT2D eigenvalue weighted by atomic mass is 10.1. The van der Waals surface area contributed by atoms with Gasteiger partial charge in [-0.05, 0) is 20.8 Å². The Labute approximate surface area is 69.9 Å². The summed E-state index contributed by atoms with van der Waals surface area (Å²) < 4.78 is 0.662. The van der Waals surface area contributed by atoms with Crippen LogP contribution in [0.15, 0.2) is 0 Å². The van der Waals surface area contributed by atoms with Crippen molar-refractivity contribution in [2.24, 2.45) is 0 Å². The maximum atomic E-state index is 10.7. The molecule has 0 spiro atoms. The summed E-state index contributed by atoms with van der Waals surface area (Å²) in [7, 11) is 0. The SMILES string of the molecule is CC(C)(C)N(Cl)C(=O)C(=O)O. The van der Waals surface area contributed by atoms with Gasteiger partial charge in [-0.3, -0.25) is 4.79 Å². The van der Waals surface area contributed by atoms with E-state index in [-0.39, 0.29) is 0 Å². The minimum absolute atomic E-state index is 0.662. The van der Waals surface area contributed by atoms with Gasteiger partial charge in [-0.1, -0.05) is 0 Å². The zero-order chi connectivity index (χ0) is 9.23. The molecule has 0 aliphatic rings. The topological polar surface area (TPSA) is 57.6 Å². The van der Waals surface area contributed by atoms with Gasteiger partial charge in [-0.25, -0.2) is 9.21 Å². The zero-order valence-corrected chi connectivity index (χ0v) is 7.34. The Morgan fingerprint density at radius 3 is 1.82 bits per heavy atom. The molecule has 1 amide bonds.